The van der Waals surface area contributed by atoms with Crippen LogP contribution in [0.1, 0.15) is 12.5 Å². The number of benzene rings is 1. The molecule has 1 aromatic carbocycles. The first-order valence-electron chi connectivity index (χ1n) is 7.55. The summed E-state index contributed by atoms with van der Waals surface area (Å²) >= 11 is 0. The Labute approximate surface area is 145 Å². The van der Waals surface area contributed by atoms with Crippen LogP contribution >= 0.6 is 0 Å². The first kappa shape index (κ1) is 18.1. The molecule has 0 bridgehead atoms. The molecular formula is C18H18N2O5. The van der Waals surface area contributed by atoms with Crippen LogP contribution < -0.4 is 9.47 Å². The van der Waals surface area contributed by atoms with Crippen LogP contribution in [0, 0.1) is 12.3 Å². The molecule has 0 saturated carbocycles. The van der Waals surface area contributed by atoms with Crippen LogP contribution in [0.3, 0.4) is 0 Å². The van der Waals surface area contributed by atoms with E-state index in [0.29, 0.717) is 23.7 Å². The third-order valence-electron chi connectivity index (χ3n) is 3.53. The van der Waals surface area contributed by atoms with E-state index in [2.05, 4.69) is 5.92 Å². The summed E-state index contributed by atoms with van der Waals surface area (Å²) in [6.45, 7) is 2.32. The molecule has 25 heavy (non-hydrogen) atoms. The summed E-state index contributed by atoms with van der Waals surface area (Å²) in [6.07, 6.45) is 6.60. The Hall–Kier alpha value is -3.27. The molecule has 0 aromatic heterocycles. The maximum absolute atomic E-state index is 12.2. The standard InChI is InChI=1S/C18H18N2O5/c1-5-9-25-14-8-7-12(11-15(14)24-6-2)10-13-16(21)19(3)18(23)20(4)17(13)22/h1,7-8,10-11H,6,9H2,2-4H3. The Morgan fingerprint density at radius 1 is 1.08 bits per heavy atom. The number of nitrogens with zero attached hydrogens (tertiary/aromatic N) is 2. The molecule has 0 unspecified atom stereocenters. The zero-order valence-electron chi connectivity index (χ0n) is 14.2. The van der Waals surface area contributed by atoms with E-state index in [1.807, 2.05) is 6.92 Å². The molecule has 0 radical (unpaired) electrons. The van der Waals surface area contributed by atoms with Crippen molar-refractivity contribution in [2.24, 2.45) is 0 Å². The molecule has 1 saturated heterocycles. The number of barbiturate groups is 1. The predicted molar refractivity (Wildman–Crippen MR) is 90.9 cm³/mol. The fraction of sp³-hybridized carbons (Fsp3) is 0.278. The Morgan fingerprint density at radius 3 is 2.28 bits per heavy atom. The van der Waals surface area contributed by atoms with Crippen molar-refractivity contribution in [3.8, 4) is 23.8 Å². The van der Waals surface area contributed by atoms with Gasteiger partial charge in [0, 0.05) is 14.1 Å². The number of amides is 4. The van der Waals surface area contributed by atoms with Gasteiger partial charge in [0.2, 0.25) is 0 Å². The number of likely N-dealkylation sites (N-methyl/N-ethyl adjacent to an activating group) is 2. The molecule has 7 heteroatoms. The fourth-order valence-corrected chi connectivity index (χ4v) is 2.26. The lowest BCUT2D eigenvalue weighted by atomic mass is 10.1. The minimum absolute atomic E-state index is 0.0924. The van der Waals surface area contributed by atoms with Crippen molar-refractivity contribution in [2.75, 3.05) is 27.3 Å². The van der Waals surface area contributed by atoms with Crippen molar-refractivity contribution >= 4 is 23.9 Å². The average Bonchev–Trinajstić information content (AvgIpc) is 2.61. The summed E-state index contributed by atoms with van der Waals surface area (Å²) in [6, 6.07) is 4.28. The number of hydrogen-bond donors (Lipinski definition) is 0. The topological polar surface area (TPSA) is 76.2 Å². The Kier molecular flexibility index (Phi) is 5.45. The van der Waals surface area contributed by atoms with E-state index in [4.69, 9.17) is 15.9 Å². The van der Waals surface area contributed by atoms with E-state index in [1.54, 1.807) is 18.2 Å². The number of imide groups is 2. The van der Waals surface area contributed by atoms with Gasteiger partial charge in [-0.3, -0.25) is 19.4 Å². The van der Waals surface area contributed by atoms with Crippen LogP contribution in [-0.2, 0) is 9.59 Å². The summed E-state index contributed by atoms with van der Waals surface area (Å²) in [4.78, 5) is 38.0. The van der Waals surface area contributed by atoms with E-state index in [-0.39, 0.29) is 12.2 Å². The van der Waals surface area contributed by atoms with Gasteiger partial charge < -0.3 is 9.47 Å². The summed E-state index contributed by atoms with van der Waals surface area (Å²) < 4.78 is 10.9. The van der Waals surface area contributed by atoms with Crippen molar-refractivity contribution in [3.05, 3.63) is 29.3 Å². The predicted octanol–water partition coefficient (Wildman–Crippen LogP) is 1.53. The lowest BCUT2D eigenvalue weighted by Crippen LogP contribution is -2.52. The molecule has 7 nitrogen and oxygen atoms in total. The van der Waals surface area contributed by atoms with Crippen LogP contribution in [0.25, 0.3) is 6.08 Å². The number of carbonyl (C=O) groups is 3. The Morgan fingerprint density at radius 2 is 1.72 bits per heavy atom. The van der Waals surface area contributed by atoms with E-state index in [9.17, 15) is 14.4 Å². The Bertz CT molecular complexity index is 765. The number of terminal acetylenes is 1. The number of carbonyl (C=O) groups excluding carboxylic acids is 3. The van der Waals surface area contributed by atoms with Crippen LogP contribution in [0.2, 0.25) is 0 Å². The van der Waals surface area contributed by atoms with Gasteiger partial charge in [0.15, 0.2) is 11.5 Å². The largest absolute Gasteiger partial charge is 0.490 e. The maximum Gasteiger partial charge on any atom is 0.333 e. The molecule has 0 spiro atoms. The van der Waals surface area contributed by atoms with Gasteiger partial charge in [0.05, 0.1) is 6.61 Å². The van der Waals surface area contributed by atoms with Crippen LogP contribution in [0.4, 0.5) is 4.79 Å². The van der Waals surface area contributed by atoms with Crippen molar-refractivity contribution in [1.29, 1.82) is 0 Å². The number of rotatable bonds is 5. The zero-order valence-corrected chi connectivity index (χ0v) is 14.2. The second-order valence-corrected chi connectivity index (χ2v) is 5.20. The van der Waals surface area contributed by atoms with E-state index in [1.165, 1.54) is 20.2 Å². The molecule has 1 heterocycles. The summed E-state index contributed by atoms with van der Waals surface area (Å²) in [5, 5.41) is 0. The van der Waals surface area contributed by atoms with Gasteiger partial charge in [-0.15, -0.1) is 6.42 Å². The van der Waals surface area contributed by atoms with Crippen LogP contribution in [-0.4, -0.2) is 55.0 Å². The molecule has 1 aromatic rings. The number of ether oxygens (including phenoxy) is 2. The molecule has 1 aliphatic heterocycles. The third-order valence-corrected chi connectivity index (χ3v) is 3.53. The smallest absolute Gasteiger partial charge is 0.333 e. The van der Waals surface area contributed by atoms with Gasteiger partial charge in [-0.1, -0.05) is 12.0 Å². The lowest BCUT2D eigenvalue weighted by Gasteiger charge is -2.28. The SMILES string of the molecule is C#CCOc1ccc(C=C2C(=O)N(C)C(=O)N(C)C2=O)cc1OCC. The summed E-state index contributed by atoms with van der Waals surface area (Å²) in [5.74, 6) is 1.97. The molecule has 130 valence electrons. The van der Waals surface area contributed by atoms with Gasteiger partial charge in [0.1, 0.15) is 12.2 Å². The number of urea groups is 1. The van der Waals surface area contributed by atoms with E-state index < -0.39 is 17.8 Å². The van der Waals surface area contributed by atoms with Gasteiger partial charge >= 0.3 is 6.03 Å². The normalized spacial score (nSPS) is 14.5. The van der Waals surface area contributed by atoms with Crippen LogP contribution in [0.15, 0.2) is 23.8 Å². The van der Waals surface area contributed by atoms with Crippen molar-refractivity contribution in [2.45, 2.75) is 6.92 Å². The van der Waals surface area contributed by atoms with E-state index >= 15 is 0 Å². The monoisotopic (exact) mass is 342 g/mol. The minimum Gasteiger partial charge on any atom is -0.490 e. The second kappa shape index (κ2) is 7.53. The van der Waals surface area contributed by atoms with Crippen molar-refractivity contribution in [3.63, 3.8) is 0 Å². The quantitative estimate of drug-likeness (QED) is 0.461. The molecule has 4 amide bonds. The summed E-state index contributed by atoms with van der Waals surface area (Å²) in [5.41, 5.74) is 0.452. The zero-order chi connectivity index (χ0) is 18.6. The molecule has 0 aliphatic carbocycles. The van der Waals surface area contributed by atoms with Crippen molar-refractivity contribution < 1.29 is 23.9 Å². The maximum atomic E-state index is 12.2. The van der Waals surface area contributed by atoms with Crippen molar-refractivity contribution in [1.82, 2.24) is 9.80 Å². The second-order valence-electron chi connectivity index (χ2n) is 5.20. The molecule has 0 N–H and O–H groups in total. The first-order chi connectivity index (χ1) is 11.9. The Balaban J connectivity index is 2.40. The highest BCUT2D eigenvalue weighted by Crippen LogP contribution is 2.30. The van der Waals surface area contributed by atoms with Gasteiger partial charge in [-0.2, -0.15) is 0 Å². The molecule has 0 atom stereocenters. The van der Waals surface area contributed by atoms with Gasteiger partial charge in [0.25, 0.3) is 11.8 Å². The highest BCUT2D eigenvalue weighted by Gasteiger charge is 2.37. The molecular weight excluding hydrogens is 324 g/mol. The van der Waals surface area contributed by atoms with Gasteiger partial charge in [-0.05, 0) is 30.7 Å². The minimum atomic E-state index is -0.666. The molecule has 1 aliphatic rings. The third kappa shape index (κ3) is 3.63. The van der Waals surface area contributed by atoms with Crippen LogP contribution in [0.5, 0.6) is 11.5 Å². The fourth-order valence-electron chi connectivity index (χ4n) is 2.26. The highest BCUT2D eigenvalue weighted by atomic mass is 16.5. The highest BCUT2D eigenvalue weighted by molar-refractivity contribution is 6.30. The summed E-state index contributed by atoms with van der Waals surface area (Å²) in [7, 11) is 2.65. The average molecular weight is 342 g/mol. The number of hydrogen-bond acceptors (Lipinski definition) is 5. The van der Waals surface area contributed by atoms with E-state index in [0.717, 1.165) is 9.80 Å². The lowest BCUT2D eigenvalue weighted by molar-refractivity contribution is -0.134. The van der Waals surface area contributed by atoms with Gasteiger partial charge in [-0.25, -0.2) is 4.79 Å². The first-order valence-corrected chi connectivity index (χ1v) is 7.55. The molecule has 2 rings (SSSR count). The molecule has 1 fully saturated rings.